The third-order valence-electron chi connectivity index (χ3n) is 14.1. The van der Waals surface area contributed by atoms with Gasteiger partial charge in [0.25, 0.3) is 20.2 Å². The van der Waals surface area contributed by atoms with Gasteiger partial charge in [0.2, 0.25) is 0 Å². The molecule has 5 rings (SSSR count). The fourth-order valence-electron chi connectivity index (χ4n) is 7.05. The summed E-state index contributed by atoms with van der Waals surface area (Å²) in [5, 5.41) is 10.5. The summed E-state index contributed by atoms with van der Waals surface area (Å²) in [5.74, 6) is 0.189. The van der Waals surface area contributed by atoms with Crippen LogP contribution < -0.4 is 0 Å². The van der Waals surface area contributed by atoms with E-state index >= 15 is 0 Å². The first-order valence-electron chi connectivity index (χ1n) is 23.7. The van der Waals surface area contributed by atoms with E-state index in [1.54, 1.807) is 42.5 Å². The second kappa shape index (κ2) is 22.9. The standard InChI is InChI=1S/C19H32O5SSi.C19H30O5SSi.C12H22O2Si/c2*1-14-7-9-18(10-8-14)25(21,22)23-16-11-15(20)12-17(13-16)24-26(5,6)19(2,3)4;1-12(2,3)15(4,5)14-11-8-6-7-10(13)9-11/h7-10,15-17,20H,11-13H2,1-6H3;7-10,16-17H,11-13H2,1-6H3;6-7,11H,8-9H2,1-5H3. The largest absolute Gasteiger partial charge is 0.414 e. The van der Waals surface area contributed by atoms with E-state index in [-0.39, 0.29) is 61.2 Å². The van der Waals surface area contributed by atoms with Crippen LogP contribution in [0.25, 0.3) is 0 Å². The number of ketones is 2. The van der Waals surface area contributed by atoms with Crippen molar-refractivity contribution in [3.05, 3.63) is 71.8 Å². The van der Waals surface area contributed by atoms with Crippen molar-refractivity contribution >= 4 is 56.8 Å². The van der Waals surface area contributed by atoms with E-state index < -0.39 is 63.5 Å². The molecule has 0 radical (unpaired) electrons. The third-order valence-corrected chi connectivity index (χ3v) is 30.5. The summed E-state index contributed by atoms with van der Waals surface area (Å²) in [6, 6.07) is 13.1. The molecule has 0 aliphatic heterocycles. The molecule has 0 aromatic heterocycles. The van der Waals surface area contributed by atoms with Crippen molar-refractivity contribution in [2.24, 2.45) is 0 Å². The zero-order valence-corrected chi connectivity index (χ0v) is 48.3. The highest BCUT2D eigenvalue weighted by molar-refractivity contribution is 7.87. The van der Waals surface area contributed by atoms with Crippen molar-refractivity contribution in [3.63, 3.8) is 0 Å². The number of rotatable bonds is 12. The van der Waals surface area contributed by atoms with E-state index in [9.17, 15) is 31.5 Å². The number of aliphatic hydroxyl groups is 1. The highest BCUT2D eigenvalue weighted by Gasteiger charge is 2.44. The van der Waals surface area contributed by atoms with Crippen LogP contribution >= 0.6 is 0 Å². The monoisotopic (exact) mass is 1020 g/mol. The Balaban J connectivity index is 0.000000277. The second-order valence-corrected chi connectivity index (χ2v) is 40.7. The lowest BCUT2D eigenvalue weighted by molar-refractivity contribution is -0.125. The number of carbonyl (C=O) groups is 2. The molecule has 0 bridgehead atoms. The SMILES string of the molecule is CC(C)(C)[Si](C)(C)OC1CC=CC(=O)C1.Cc1ccc(S(=O)(=O)OC2CC(=O)CC(O[Si](C)(C)C(C)(C)C)C2)cc1.Cc1ccc(S(=O)(=O)OC2CC(O)CC(O[Si](C)(C)C(C)(C)C)C2)cc1. The first-order chi connectivity index (χ1) is 30.3. The molecular weight excluding hydrogens is 941 g/mol. The summed E-state index contributed by atoms with van der Waals surface area (Å²) < 4.78 is 79.8. The van der Waals surface area contributed by atoms with Crippen LogP contribution in [0.2, 0.25) is 54.4 Å². The minimum atomic E-state index is -3.89. The number of carbonyl (C=O) groups excluding carboxylic acids is 2. The number of hydrogen-bond donors (Lipinski definition) is 1. The van der Waals surface area contributed by atoms with Gasteiger partial charge in [-0.15, -0.1) is 0 Å². The summed E-state index contributed by atoms with van der Waals surface area (Å²) in [5.41, 5.74) is 1.96. The molecule has 2 aromatic rings. The van der Waals surface area contributed by atoms with Crippen LogP contribution in [0.1, 0.15) is 125 Å². The van der Waals surface area contributed by atoms with Gasteiger partial charge in [-0.25, -0.2) is 0 Å². The fourth-order valence-corrected chi connectivity index (χ4v) is 13.3. The van der Waals surface area contributed by atoms with Gasteiger partial charge in [0.05, 0.1) is 46.4 Å². The van der Waals surface area contributed by atoms with Crippen LogP contribution in [0, 0.1) is 13.8 Å². The maximum atomic E-state index is 12.5. The van der Waals surface area contributed by atoms with Crippen molar-refractivity contribution < 1.29 is 53.2 Å². The molecule has 1 N–H and O–H groups in total. The molecule has 12 nitrogen and oxygen atoms in total. The van der Waals surface area contributed by atoms with E-state index in [4.69, 9.17) is 21.6 Å². The zero-order chi connectivity index (χ0) is 51.2. The second-order valence-electron chi connectivity index (χ2n) is 23.3. The van der Waals surface area contributed by atoms with Gasteiger partial charge in [0.1, 0.15) is 5.78 Å². The summed E-state index contributed by atoms with van der Waals surface area (Å²) in [6.07, 6.45) is 5.03. The quantitative estimate of drug-likeness (QED) is 0.158. The molecule has 3 aliphatic carbocycles. The maximum absolute atomic E-state index is 12.5. The average Bonchev–Trinajstić information content (AvgIpc) is 3.13. The molecule has 0 saturated heterocycles. The molecule has 6 unspecified atom stereocenters. The van der Waals surface area contributed by atoms with E-state index in [0.717, 1.165) is 17.5 Å². The smallest absolute Gasteiger partial charge is 0.297 e. The van der Waals surface area contributed by atoms with Gasteiger partial charge >= 0.3 is 0 Å². The first-order valence-corrected chi connectivity index (χ1v) is 35.3. The van der Waals surface area contributed by atoms with Gasteiger partial charge in [-0.05, 0) is 111 Å². The van der Waals surface area contributed by atoms with Crippen LogP contribution in [-0.4, -0.2) is 95.1 Å². The summed E-state index contributed by atoms with van der Waals surface area (Å²) in [6.45, 7) is 36.4. The lowest BCUT2D eigenvalue weighted by Gasteiger charge is -2.42. The Kier molecular flexibility index (Phi) is 20.2. The summed E-state index contributed by atoms with van der Waals surface area (Å²) in [7, 11) is -13.5. The summed E-state index contributed by atoms with van der Waals surface area (Å²) >= 11 is 0. The van der Waals surface area contributed by atoms with Crippen molar-refractivity contribution in [3.8, 4) is 0 Å². The fraction of sp³-hybridized carbons (Fsp3) is 0.680. The maximum Gasteiger partial charge on any atom is 0.297 e. The molecule has 2 saturated carbocycles. The van der Waals surface area contributed by atoms with Crippen molar-refractivity contribution in [2.45, 2.75) is 228 Å². The minimum absolute atomic E-state index is 0.0101. The van der Waals surface area contributed by atoms with Crippen LogP contribution in [0.4, 0.5) is 0 Å². The normalized spacial score (nSPS) is 23.7. The molecule has 17 heteroatoms. The van der Waals surface area contributed by atoms with E-state index in [1.807, 2.05) is 19.9 Å². The topological polar surface area (TPSA) is 169 Å². The molecule has 67 heavy (non-hydrogen) atoms. The predicted octanol–water partition coefficient (Wildman–Crippen LogP) is 11.5. The number of benzene rings is 2. The number of Topliss-reactive ketones (excluding diaryl/α,β-unsaturated/α-hetero) is 1. The zero-order valence-electron chi connectivity index (χ0n) is 43.6. The van der Waals surface area contributed by atoms with Crippen molar-refractivity contribution in [1.29, 1.82) is 0 Å². The lowest BCUT2D eigenvalue weighted by Crippen LogP contribution is -2.47. The number of aliphatic hydroxyl groups excluding tert-OH is 1. The van der Waals surface area contributed by atoms with Gasteiger partial charge in [-0.3, -0.25) is 18.0 Å². The number of allylic oxidation sites excluding steroid dienone is 1. The van der Waals surface area contributed by atoms with Gasteiger partial charge < -0.3 is 18.4 Å². The molecule has 380 valence electrons. The van der Waals surface area contributed by atoms with E-state index in [0.29, 0.717) is 38.5 Å². The molecule has 2 fully saturated rings. The minimum Gasteiger partial charge on any atom is -0.414 e. The number of hydrogen-bond acceptors (Lipinski definition) is 12. The Hall–Kier alpha value is -2.17. The van der Waals surface area contributed by atoms with Crippen LogP contribution in [-0.2, 0) is 51.5 Å². The molecule has 0 heterocycles. The molecule has 0 spiro atoms. The summed E-state index contributed by atoms with van der Waals surface area (Å²) in [4.78, 5) is 23.7. The Labute approximate surface area is 408 Å². The van der Waals surface area contributed by atoms with Gasteiger partial charge in [0.15, 0.2) is 30.7 Å². The Bertz CT molecular complexity index is 2200. The third kappa shape index (κ3) is 18.2. The van der Waals surface area contributed by atoms with Crippen LogP contribution in [0.3, 0.4) is 0 Å². The van der Waals surface area contributed by atoms with Crippen LogP contribution in [0.15, 0.2) is 70.5 Å². The number of aryl methyl sites for hydroxylation is 2. The predicted molar refractivity (Wildman–Crippen MR) is 275 cm³/mol. The van der Waals surface area contributed by atoms with Gasteiger partial charge in [0, 0.05) is 38.5 Å². The van der Waals surface area contributed by atoms with Crippen molar-refractivity contribution in [1.82, 2.24) is 0 Å². The highest BCUT2D eigenvalue weighted by atomic mass is 32.2. The first kappa shape index (κ1) is 59.1. The van der Waals surface area contributed by atoms with E-state index in [2.05, 4.69) is 102 Å². The molecular formula is C50H84O12S2Si3. The van der Waals surface area contributed by atoms with E-state index in [1.165, 1.54) is 12.1 Å². The molecule has 0 amide bonds. The average molecular weight is 1030 g/mol. The Morgan fingerprint density at radius 1 is 0.507 bits per heavy atom. The molecule has 6 atom stereocenters. The van der Waals surface area contributed by atoms with Crippen molar-refractivity contribution in [2.75, 3.05) is 0 Å². The Morgan fingerprint density at radius 3 is 1.28 bits per heavy atom. The highest BCUT2D eigenvalue weighted by Crippen LogP contribution is 2.42. The van der Waals surface area contributed by atoms with Gasteiger partial charge in [-0.2, -0.15) is 16.8 Å². The molecule has 2 aromatic carbocycles. The Morgan fingerprint density at radius 2 is 0.866 bits per heavy atom. The lowest BCUT2D eigenvalue weighted by atomic mass is 9.93. The van der Waals surface area contributed by atoms with Crippen LogP contribution in [0.5, 0.6) is 0 Å². The van der Waals surface area contributed by atoms with Gasteiger partial charge in [-0.1, -0.05) is 104 Å². The molecule has 3 aliphatic rings.